The van der Waals surface area contributed by atoms with Gasteiger partial charge in [-0.3, -0.25) is 15.0 Å². The van der Waals surface area contributed by atoms with Gasteiger partial charge < -0.3 is 4.57 Å². The van der Waals surface area contributed by atoms with Crippen molar-refractivity contribution in [2.45, 2.75) is 13.0 Å². The van der Waals surface area contributed by atoms with Crippen LogP contribution in [0.3, 0.4) is 0 Å². The summed E-state index contributed by atoms with van der Waals surface area (Å²) in [5.41, 5.74) is 6.64. The summed E-state index contributed by atoms with van der Waals surface area (Å²) in [6, 6.07) is 20.0. The van der Waals surface area contributed by atoms with Crippen molar-refractivity contribution in [3.63, 3.8) is 0 Å². The number of aromatic nitrogens is 3. The third-order valence-corrected chi connectivity index (χ3v) is 4.71. The number of hydrogen-bond donors (Lipinski definition) is 2. The lowest BCUT2D eigenvalue weighted by Gasteiger charge is -2.10. The molecule has 0 aliphatic rings. The third kappa shape index (κ3) is 4.23. The summed E-state index contributed by atoms with van der Waals surface area (Å²) in [6.45, 7) is 0.785. The number of benzene rings is 2. The van der Waals surface area contributed by atoms with Crippen LogP contribution in [0, 0.1) is 0 Å². The first-order chi connectivity index (χ1) is 14.2. The molecule has 0 saturated heterocycles. The molecule has 6 heteroatoms. The summed E-state index contributed by atoms with van der Waals surface area (Å²) in [5.74, 6) is 0.308. The number of hydroxylamine groups is 1. The lowest BCUT2D eigenvalue weighted by Crippen LogP contribution is -2.14. The molecule has 29 heavy (non-hydrogen) atoms. The fourth-order valence-electron chi connectivity index (χ4n) is 3.30. The maximum atomic E-state index is 11.3. The van der Waals surface area contributed by atoms with E-state index in [1.165, 1.54) is 11.6 Å². The lowest BCUT2D eigenvalue weighted by atomic mass is 10.1. The summed E-state index contributed by atoms with van der Waals surface area (Å²) in [6.07, 6.45) is 7.41. The zero-order valence-electron chi connectivity index (χ0n) is 15.7. The van der Waals surface area contributed by atoms with E-state index in [0.29, 0.717) is 0 Å². The standard InChI is InChI=1S/C23H20N4O2/c28-22(26-29)9-8-18-4-3-5-19(16-18)23-25-20-6-1-2-7-21(20)27(23)15-12-17-10-13-24-14-11-17/h1-11,13-14,16,29H,12,15H2,(H,26,28). The molecule has 1 amide bonds. The maximum Gasteiger partial charge on any atom is 0.267 e. The quantitative estimate of drug-likeness (QED) is 0.301. The van der Waals surface area contributed by atoms with Crippen LogP contribution >= 0.6 is 0 Å². The number of imidazole rings is 1. The predicted octanol–water partition coefficient (Wildman–Crippen LogP) is 3.86. The van der Waals surface area contributed by atoms with Crippen molar-refractivity contribution in [2.75, 3.05) is 0 Å². The average molecular weight is 384 g/mol. The Morgan fingerprint density at radius 3 is 2.72 bits per heavy atom. The second-order valence-electron chi connectivity index (χ2n) is 6.62. The van der Waals surface area contributed by atoms with Gasteiger partial charge in [0.25, 0.3) is 5.91 Å². The molecule has 6 nitrogen and oxygen atoms in total. The molecule has 0 unspecified atom stereocenters. The normalized spacial score (nSPS) is 11.2. The summed E-state index contributed by atoms with van der Waals surface area (Å²) < 4.78 is 2.22. The Morgan fingerprint density at radius 2 is 1.90 bits per heavy atom. The summed E-state index contributed by atoms with van der Waals surface area (Å²) >= 11 is 0. The SMILES string of the molecule is O=C(C=Cc1cccc(-c2nc3ccccc3n2CCc2ccncc2)c1)NO. The van der Waals surface area contributed by atoms with Crippen LogP contribution in [-0.2, 0) is 17.8 Å². The van der Waals surface area contributed by atoms with Crippen LogP contribution in [0.15, 0.2) is 79.1 Å². The third-order valence-electron chi connectivity index (χ3n) is 4.71. The Labute approximate surface area is 168 Å². The number of amides is 1. The first-order valence-electron chi connectivity index (χ1n) is 9.31. The van der Waals surface area contributed by atoms with Crippen molar-refractivity contribution < 1.29 is 10.0 Å². The van der Waals surface area contributed by atoms with Gasteiger partial charge in [0.2, 0.25) is 0 Å². The molecular weight excluding hydrogens is 364 g/mol. The van der Waals surface area contributed by atoms with E-state index in [2.05, 4.69) is 15.6 Å². The van der Waals surface area contributed by atoms with E-state index < -0.39 is 5.91 Å². The zero-order chi connectivity index (χ0) is 20.1. The molecule has 144 valence electrons. The molecule has 0 fully saturated rings. The van der Waals surface area contributed by atoms with Crippen molar-refractivity contribution >= 4 is 23.0 Å². The van der Waals surface area contributed by atoms with Gasteiger partial charge in [-0.1, -0.05) is 30.3 Å². The molecule has 0 saturated carbocycles. The van der Waals surface area contributed by atoms with Gasteiger partial charge in [0.05, 0.1) is 11.0 Å². The number of hydrogen-bond acceptors (Lipinski definition) is 4. The molecule has 4 rings (SSSR count). The van der Waals surface area contributed by atoms with Crippen molar-refractivity contribution in [3.05, 3.63) is 90.3 Å². The monoisotopic (exact) mass is 384 g/mol. The van der Waals surface area contributed by atoms with Gasteiger partial charge in [0.1, 0.15) is 5.82 Å². The largest absolute Gasteiger partial charge is 0.324 e. The van der Waals surface area contributed by atoms with Gasteiger partial charge in [-0.15, -0.1) is 0 Å². The fourth-order valence-corrected chi connectivity index (χ4v) is 3.30. The lowest BCUT2D eigenvalue weighted by molar-refractivity contribution is -0.124. The van der Waals surface area contributed by atoms with Gasteiger partial charge in [-0.25, -0.2) is 10.5 Å². The minimum absolute atomic E-state index is 0.569. The number of pyridine rings is 1. The summed E-state index contributed by atoms with van der Waals surface area (Å²) in [5, 5.41) is 8.65. The van der Waals surface area contributed by atoms with Gasteiger partial charge in [-0.05, 0) is 54.0 Å². The number of para-hydroxylation sites is 2. The smallest absolute Gasteiger partial charge is 0.267 e. The number of rotatable bonds is 6. The molecule has 0 spiro atoms. The van der Waals surface area contributed by atoms with Crippen molar-refractivity contribution in [3.8, 4) is 11.4 Å². The number of aryl methyl sites for hydroxylation is 2. The first kappa shape index (κ1) is 18.6. The Kier molecular flexibility index (Phi) is 5.45. The minimum Gasteiger partial charge on any atom is -0.324 e. The van der Waals surface area contributed by atoms with Gasteiger partial charge in [-0.2, -0.15) is 0 Å². The van der Waals surface area contributed by atoms with Crippen LogP contribution in [0.5, 0.6) is 0 Å². The van der Waals surface area contributed by atoms with Crippen molar-refractivity contribution in [2.24, 2.45) is 0 Å². The van der Waals surface area contributed by atoms with E-state index in [9.17, 15) is 4.79 Å². The highest BCUT2D eigenvalue weighted by molar-refractivity contribution is 5.91. The number of carbonyl (C=O) groups excluding carboxylic acids is 1. The zero-order valence-corrected chi connectivity index (χ0v) is 15.7. The summed E-state index contributed by atoms with van der Waals surface area (Å²) in [4.78, 5) is 20.2. The van der Waals surface area contributed by atoms with E-state index in [0.717, 1.165) is 41.0 Å². The molecule has 0 aliphatic carbocycles. The second kappa shape index (κ2) is 8.50. The molecule has 2 aromatic carbocycles. The van der Waals surface area contributed by atoms with E-state index in [1.54, 1.807) is 23.9 Å². The van der Waals surface area contributed by atoms with E-state index >= 15 is 0 Å². The average Bonchev–Trinajstić information content (AvgIpc) is 3.15. The van der Waals surface area contributed by atoms with Crippen LogP contribution in [0.1, 0.15) is 11.1 Å². The van der Waals surface area contributed by atoms with Crippen molar-refractivity contribution in [1.82, 2.24) is 20.0 Å². The topological polar surface area (TPSA) is 80.0 Å². The molecule has 0 atom stereocenters. The molecule has 0 radical (unpaired) electrons. The van der Waals surface area contributed by atoms with Crippen LogP contribution in [0.4, 0.5) is 0 Å². The molecule has 0 aliphatic heterocycles. The molecular formula is C23H20N4O2. The highest BCUT2D eigenvalue weighted by Gasteiger charge is 2.12. The number of nitrogens with zero attached hydrogens (tertiary/aromatic N) is 3. The highest BCUT2D eigenvalue weighted by Crippen LogP contribution is 2.26. The minimum atomic E-state index is -0.569. The molecule has 4 aromatic rings. The number of fused-ring (bicyclic) bond motifs is 1. The Morgan fingerprint density at radius 1 is 1.07 bits per heavy atom. The molecule has 2 heterocycles. The van der Waals surface area contributed by atoms with E-state index in [4.69, 9.17) is 10.2 Å². The number of carbonyl (C=O) groups is 1. The first-order valence-corrected chi connectivity index (χ1v) is 9.31. The van der Waals surface area contributed by atoms with Crippen LogP contribution in [0.2, 0.25) is 0 Å². The predicted molar refractivity (Wildman–Crippen MR) is 112 cm³/mol. The van der Waals surface area contributed by atoms with E-state index in [-0.39, 0.29) is 0 Å². The van der Waals surface area contributed by atoms with Gasteiger partial charge in [0, 0.05) is 30.6 Å². The van der Waals surface area contributed by atoms with Crippen LogP contribution < -0.4 is 5.48 Å². The molecule has 2 aromatic heterocycles. The second-order valence-corrected chi connectivity index (χ2v) is 6.62. The Bertz CT molecular complexity index is 1170. The Hall–Kier alpha value is -3.77. The Balaban J connectivity index is 1.72. The van der Waals surface area contributed by atoms with Crippen LogP contribution in [-0.4, -0.2) is 25.6 Å². The van der Waals surface area contributed by atoms with Gasteiger partial charge >= 0.3 is 0 Å². The maximum absolute atomic E-state index is 11.3. The molecule has 0 bridgehead atoms. The van der Waals surface area contributed by atoms with Gasteiger partial charge in [0.15, 0.2) is 0 Å². The fraction of sp³-hybridized carbons (Fsp3) is 0.0870. The van der Waals surface area contributed by atoms with E-state index in [1.807, 2.05) is 54.6 Å². The highest BCUT2D eigenvalue weighted by atomic mass is 16.5. The summed E-state index contributed by atoms with van der Waals surface area (Å²) in [7, 11) is 0. The molecule has 2 N–H and O–H groups in total. The number of nitrogens with one attached hydrogen (secondary N) is 1. The van der Waals surface area contributed by atoms with Crippen molar-refractivity contribution in [1.29, 1.82) is 0 Å². The van der Waals surface area contributed by atoms with Crippen LogP contribution in [0.25, 0.3) is 28.5 Å².